The fourth-order valence-corrected chi connectivity index (χ4v) is 19.9. The number of likely N-dealkylation sites (N-methyl/N-ethyl adjacent to an activating group) is 3. The fourth-order valence-electron chi connectivity index (χ4n) is 18.5. The number of rotatable bonds is 45. The quantitative estimate of drug-likeness (QED) is 0.0320. The maximum absolute atomic E-state index is 14.8. The van der Waals surface area contributed by atoms with E-state index in [4.69, 9.17) is 29.4 Å². The highest BCUT2D eigenvalue weighted by Gasteiger charge is 2.50. The Labute approximate surface area is 759 Å². The van der Waals surface area contributed by atoms with Crippen molar-refractivity contribution < 1.29 is 77.0 Å². The molecule has 24 nitrogen and oxygen atoms in total. The van der Waals surface area contributed by atoms with Gasteiger partial charge in [-0.3, -0.25) is 43.3 Å². The maximum atomic E-state index is 14.8. The molecule has 2 aromatic heterocycles. The number of Topliss-reactive ketones (excluding diaryl/α,β-unsaturated/α-hetero) is 4. The van der Waals surface area contributed by atoms with Gasteiger partial charge in [-0.2, -0.15) is 0 Å². The third kappa shape index (κ3) is 26.7. The number of nitrogens with two attached hydrogens (primary N) is 1. The van der Waals surface area contributed by atoms with Crippen LogP contribution in [0.5, 0.6) is 0 Å². The van der Waals surface area contributed by atoms with Crippen molar-refractivity contribution in [2.75, 3.05) is 69.3 Å². The number of aliphatic hydroxyl groups is 2. The van der Waals surface area contributed by atoms with Crippen molar-refractivity contribution in [2.45, 2.75) is 290 Å². The van der Waals surface area contributed by atoms with E-state index in [9.17, 15) is 53.4 Å². The first-order valence-electron chi connectivity index (χ1n) is 44.1. The van der Waals surface area contributed by atoms with Crippen LogP contribution in [0.15, 0.2) is 132 Å². The Morgan fingerprint density at radius 3 is 1.21 bits per heavy atom. The number of amides is 5. The van der Waals surface area contributed by atoms with E-state index in [2.05, 4.69) is 46.4 Å². The molecule has 0 radical (unpaired) electrons. The van der Waals surface area contributed by atoms with Crippen LogP contribution < -0.4 is 5.73 Å². The third-order valence-corrected chi connectivity index (χ3v) is 28.7. The van der Waals surface area contributed by atoms with Crippen LogP contribution in [-0.2, 0) is 74.9 Å². The molecule has 4 N–H and O–H groups in total. The van der Waals surface area contributed by atoms with Gasteiger partial charge in [0.2, 0.25) is 23.6 Å². The second kappa shape index (κ2) is 47.8. The lowest BCUT2D eigenvalue weighted by molar-refractivity contribution is -0.155. The van der Waals surface area contributed by atoms with E-state index >= 15 is 0 Å². The van der Waals surface area contributed by atoms with E-state index in [1.54, 1.807) is 96.0 Å². The molecule has 0 spiro atoms. The first kappa shape index (κ1) is 106. The van der Waals surface area contributed by atoms with E-state index in [1.807, 2.05) is 135 Å². The number of aromatic nitrogens is 2. The Morgan fingerprint density at radius 2 is 0.881 bits per heavy atom. The van der Waals surface area contributed by atoms with Crippen molar-refractivity contribution in [1.82, 2.24) is 34.5 Å². The SMILES string of the molecule is C.C.CC[C@H](C)[C@@H]([C@@H](CC(=O)N1CCC[C@H]1[C@H](OC)[C@@H](C)C(=O)C[C@@H](Cc1ccccc1)c1nccs1)OC)N(C)C(=O)[C@@H](CC(=O)C(C)(C)N(C)C(=O)OCC1c2ccccc2-c2ccccc21)C(C)(C)O.CC[C@H](C)[C@@H]([C@@H](CC(=O)N1CCC[C@H]1[C@H](OC)[C@@H](C)C(=O)C[C@@H](Cc1ccccc1)c1nccs1)OC)N(C)C(=O)[C@@H](CC(=O)C(C)(C)N)C(C)(C)O. The van der Waals surface area contributed by atoms with Gasteiger partial charge in [-0.25, -0.2) is 14.8 Å². The van der Waals surface area contributed by atoms with Crippen LogP contribution >= 0.6 is 22.7 Å². The summed E-state index contributed by atoms with van der Waals surface area (Å²) in [5.41, 5.74) is 6.93. The molecule has 696 valence electrons. The number of benzene rings is 4. The molecule has 4 heterocycles. The summed E-state index contributed by atoms with van der Waals surface area (Å²) < 4.78 is 30.1. The number of ether oxygens (including phenoxy) is 5. The van der Waals surface area contributed by atoms with Crippen molar-refractivity contribution in [3.05, 3.63) is 165 Å². The monoisotopic (exact) mass is 1780 g/mol. The largest absolute Gasteiger partial charge is 0.448 e. The van der Waals surface area contributed by atoms with Gasteiger partial charge < -0.3 is 59.2 Å². The normalized spacial score (nSPS) is 18.1. The minimum Gasteiger partial charge on any atom is -0.448 e. The molecule has 1 aliphatic carbocycles. The highest BCUT2D eigenvalue weighted by Crippen LogP contribution is 2.46. The van der Waals surface area contributed by atoms with E-state index in [1.165, 1.54) is 58.8 Å². The Hall–Kier alpha value is -8.31. The van der Waals surface area contributed by atoms with Crippen LogP contribution in [0.1, 0.15) is 239 Å². The number of ketones is 4. The van der Waals surface area contributed by atoms with Crippen molar-refractivity contribution in [1.29, 1.82) is 0 Å². The summed E-state index contributed by atoms with van der Waals surface area (Å²) >= 11 is 3.10. The van der Waals surface area contributed by atoms with Gasteiger partial charge in [-0.05, 0) is 139 Å². The summed E-state index contributed by atoms with van der Waals surface area (Å²) in [6.45, 7) is 25.3. The van der Waals surface area contributed by atoms with E-state index < -0.39 is 106 Å². The second-order valence-corrected chi connectivity index (χ2v) is 38.7. The Kier molecular flexibility index (Phi) is 40.4. The molecule has 2 aliphatic heterocycles. The summed E-state index contributed by atoms with van der Waals surface area (Å²) in [6, 6.07) is 34.5. The lowest BCUT2D eigenvalue weighted by atomic mass is 9.80. The van der Waals surface area contributed by atoms with Crippen LogP contribution in [0, 0.1) is 35.5 Å². The molecular formula is C100H148N8O16S2. The number of hydrogen-bond acceptors (Lipinski definition) is 21. The van der Waals surface area contributed by atoms with Gasteiger partial charge in [0.15, 0.2) is 11.6 Å². The molecule has 0 saturated carbocycles. The van der Waals surface area contributed by atoms with Crippen molar-refractivity contribution in [3.8, 4) is 11.1 Å². The number of fused-ring (bicyclic) bond motifs is 3. The minimum atomic E-state index is -1.65. The van der Waals surface area contributed by atoms with Crippen molar-refractivity contribution in [3.63, 3.8) is 0 Å². The van der Waals surface area contributed by atoms with Crippen LogP contribution in [0.3, 0.4) is 0 Å². The summed E-state index contributed by atoms with van der Waals surface area (Å²) in [5, 5.41) is 28.4. The number of methoxy groups -OCH3 is 4. The smallest absolute Gasteiger partial charge is 0.410 e. The van der Waals surface area contributed by atoms with Crippen LogP contribution in [0.4, 0.5) is 4.79 Å². The zero-order chi connectivity index (χ0) is 91.5. The second-order valence-electron chi connectivity index (χ2n) is 36.8. The molecule has 2 saturated heterocycles. The fraction of sp³-hybridized carbons (Fsp3) is 0.610. The number of carbonyl (C=O) groups is 9. The maximum Gasteiger partial charge on any atom is 0.410 e. The minimum absolute atomic E-state index is 0. The van der Waals surface area contributed by atoms with Gasteiger partial charge in [-0.15, -0.1) is 22.7 Å². The van der Waals surface area contributed by atoms with Crippen LogP contribution in [0.2, 0.25) is 0 Å². The van der Waals surface area contributed by atoms with E-state index in [0.29, 0.717) is 58.0 Å². The predicted octanol–water partition coefficient (Wildman–Crippen LogP) is 16.1. The van der Waals surface area contributed by atoms with Gasteiger partial charge in [-0.1, -0.05) is 178 Å². The summed E-state index contributed by atoms with van der Waals surface area (Å²) in [7, 11) is 11.1. The average molecular weight is 1780 g/mol. The number of thiazole rings is 2. The van der Waals surface area contributed by atoms with E-state index in [0.717, 1.165) is 56.2 Å². The molecule has 16 atom stereocenters. The first-order chi connectivity index (χ1) is 58.6. The number of carbonyl (C=O) groups excluding carboxylic acids is 9. The topological polar surface area (TPSA) is 308 Å². The average Bonchev–Trinajstić information content (AvgIpc) is 1.25. The van der Waals surface area contributed by atoms with Gasteiger partial charge in [0.25, 0.3) is 0 Å². The number of hydrogen-bond donors (Lipinski definition) is 3. The Bertz CT molecular complexity index is 4410. The number of nitrogens with zero attached hydrogens (tertiary/aromatic N) is 7. The lowest BCUT2D eigenvalue weighted by Crippen LogP contribution is -2.57. The van der Waals surface area contributed by atoms with Gasteiger partial charge in [0.1, 0.15) is 18.2 Å². The third-order valence-electron chi connectivity index (χ3n) is 26.8. The number of likely N-dealkylation sites (tertiary alicyclic amines) is 2. The molecule has 6 aromatic rings. The highest BCUT2D eigenvalue weighted by atomic mass is 32.1. The summed E-state index contributed by atoms with van der Waals surface area (Å²) in [5.74, 6) is -5.65. The van der Waals surface area contributed by atoms with Gasteiger partial charge in [0.05, 0.1) is 106 Å². The summed E-state index contributed by atoms with van der Waals surface area (Å²) in [4.78, 5) is 144. The molecular weight excluding hydrogens is 1630 g/mol. The highest BCUT2D eigenvalue weighted by molar-refractivity contribution is 7.09. The lowest BCUT2D eigenvalue weighted by Gasteiger charge is -2.42. The standard InChI is InChI=1S/C57H76N4O9S.C41H64N4O7S.2CH4/c1-12-36(2)51(48(68-10)34-50(64)61-29-20-27-46(61)52(69-11)37(3)47(62)32-39(53-58-28-30-71-53)31-38-21-14-13-15-22-38)59(8)54(65)45(57(6,7)67)33-49(63)56(4,5)60(9)55(66)70-35-44-42-25-18-16-23-40(42)41-24-17-19-26-43(41)44;1-11-26(2)36(44(8)39(49)30(41(6,7)50)24-34(47)40(4,5)42)33(51-9)25-35(48)45-20-15-18-31(45)37(52-10)27(3)32(46)23-29(38-43-19-21-53-38)22-28-16-13-12-14-17-28;;/h13-19,21-26,28,30,36-37,39,44-46,48,51-52,67H,12,20,27,29,31-35H2,1-11H3;12-14,16-17,19,21,26-27,29-31,33,36-37,50H,11,15,18,20,22-25,42H2,1-10H3;2*1H4/t36-,37-,39+,45+,46-,48+,51-,52+;26-,27-,29+,30+,31-,33+,36-,37+;;/m00../s1. The molecule has 2 fully saturated rings. The van der Waals surface area contributed by atoms with Crippen LogP contribution in [0.25, 0.3) is 11.1 Å². The molecule has 4 aromatic carbocycles. The molecule has 126 heavy (non-hydrogen) atoms. The molecule has 0 unspecified atom stereocenters. The first-order valence-corrected chi connectivity index (χ1v) is 45.9. The van der Waals surface area contributed by atoms with Gasteiger partial charge >= 0.3 is 6.09 Å². The molecule has 26 heteroatoms. The van der Waals surface area contributed by atoms with Crippen molar-refractivity contribution in [2.24, 2.45) is 41.2 Å². The Balaban J connectivity index is 0.000000400. The summed E-state index contributed by atoms with van der Waals surface area (Å²) in [6.07, 6.45) is 5.95. The predicted molar refractivity (Wildman–Crippen MR) is 499 cm³/mol. The molecule has 3 aliphatic rings. The molecule has 9 rings (SSSR count). The van der Waals surface area contributed by atoms with Gasteiger partial charge in [0, 0.05) is 141 Å². The Morgan fingerprint density at radius 1 is 0.516 bits per heavy atom. The molecule has 0 bridgehead atoms. The zero-order valence-corrected chi connectivity index (χ0v) is 78.8. The van der Waals surface area contributed by atoms with Crippen LogP contribution in [-0.4, -0.2) is 238 Å². The van der Waals surface area contributed by atoms with Crippen molar-refractivity contribution >= 4 is 75.5 Å². The zero-order valence-electron chi connectivity index (χ0n) is 77.2. The molecule has 5 amide bonds. The van der Waals surface area contributed by atoms with E-state index in [-0.39, 0.29) is 124 Å².